The summed E-state index contributed by atoms with van der Waals surface area (Å²) < 4.78 is 13.6. The van der Waals surface area contributed by atoms with Crippen molar-refractivity contribution in [2.45, 2.75) is 26.2 Å². The van der Waals surface area contributed by atoms with Crippen LogP contribution < -0.4 is 0 Å². The molecule has 172 valence electrons. The van der Waals surface area contributed by atoms with Crippen LogP contribution in [0.15, 0.2) is 70.5 Å². The number of likely N-dealkylation sites (N-methyl/N-ethyl adjacent to an activating group) is 1. The maximum Gasteiger partial charge on any atom is 0.160 e. The molecule has 1 atom stereocenters. The monoisotopic (exact) mass is 474 g/mol. The summed E-state index contributed by atoms with van der Waals surface area (Å²) in [5, 5.41) is 11.7. The zero-order valence-electron chi connectivity index (χ0n) is 18.8. The van der Waals surface area contributed by atoms with Crippen LogP contribution in [0.25, 0.3) is 17.1 Å². The third-order valence-electron chi connectivity index (χ3n) is 6.21. The molecule has 2 aliphatic heterocycles. The highest BCUT2D eigenvalue weighted by atomic mass is 35.5. The van der Waals surface area contributed by atoms with E-state index < -0.39 is 0 Å². The normalized spacial score (nSPS) is 16.7. The number of hydrogen-bond acceptors (Lipinski definition) is 7. The molecule has 34 heavy (non-hydrogen) atoms. The minimum atomic E-state index is -0.0844. The van der Waals surface area contributed by atoms with Crippen LogP contribution in [-0.2, 0) is 17.9 Å². The van der Waals surface area contributed by atoms with Crippen molar-refractivity contribution in [1.29, 1.82) is 0 Å². The van der Waals surface area contributed by atoms with Gasteiger partial charge in [0.1, 0.15) is 29.6 Å². The Morgan fingerprint density at radius 1 is 1.15 bits per heavy atom. The van der Waals surface area contributed by atoms with Gasteiger partial charge >= 0.3 is 0 Å². The van der Waals surface area contributed by atoms with Crippen LogP contribution in [0.1, 0.15) is 22.6 Å². The fraction of sp³-hybridized carbons (Fsp3) is 0.240. The van der Waals surface area contributed by atoms with Crippen molar-refractivity contribution in [3.8, 4) is 17.1 Å². The number of aryl methyl sites for hydroxylation is 1. The van der Waals surface area contributed by atoms with Crippen molar-refractivity contribution in [1.82, 2.24) is 24.6 Å². The summed E-state index contributed by atoms with van der Waals surface area (Å²) in [5.41, 5.74) is 5.57. The molecule has 4 heterocycles. The van der Waals surface area contributed by atoms with Crippen LogP contribution in [0.5, 0.6) is 0 Å². The number of ether oxygens (including phenoxy) is 1. The number of benzene rings is 2. The first-order valence-corrected chi connectivity index (χ1v) is 11.5. The quantitative estimate of drug-likeness (QED) is 0.425. The third kappa shape index (κ3) is 3.55. The van der Waals surface area contributed by atoms with Gasteiger partial charge in [-0.05, 0) is 30.7 Å². The summed E-state index contributed by atoms with van der Waals surface area (Å²) >= 11 is 6.42. The standard InChI is InChI=1S/C25H23ClN6O2/c1-16-10-20(29-34-16)24-22-12-31-23(14-33-13-17-6-4-3-5-7-17)30(2)28-25(31)19-11-18(26)8-9-21(19)32(22)15-27-24/h3-11,15,23H,12-14H2,1-2H3. The number of aromatic nitrogens is 3. The smallest absolute Gasteiger partial charge is 0.160 e. The van der Waals surface area contributed by atoms with Gasteiger partial charge in [-0.1, -0.05) is 47.1 Å². The lowest BCUT2D eigenvalue weighted by molar-refractivity contribution is 0.0218. The maximum atomic E-state index is 6.42. The number of hydrazone groups is 1. The first-order chi connectivity index (χ1) is 16.6. The second kappa shape index (κ2) is 8.30. The third-order valence-corrected chi connectivity index (χ3v) is 6.45. The Balaban J connectivity index is 1.38. The fourth-order valence-electron chi connectivity index (χ4n) is 4.54. The average Bonchev–Trinajstić information content (AvgIpc) is 3.51. The van der Waals surface area contributed by atoms with Crippen molar-refractivity contribution in [3.63, 3.8) is 0 Å². The second-order valence-corrected chi connectivity index (χ2v) is 8.94. The van der Waals surface area contributed by atoms with Crippen molar-refractivity contribution >= 4 is 17.4 Å². The molecule has 4 aromatic rings. The van der Waals surface area contributed by atoms with Gasteiger partial charge in [0.05, 0.1) is 31.1 Å². The average molecular weight is 475 g/mol. The van der Waals surface area contributed by atoms with Gasteiger partial charge < -0.3 is 14.2 Å². The van der Waals surface area contributed by atoms with E-state index in [2.05, 4.69) is 26.8 Å². The Morgan fingerprint density at radius 3 is 2.79 bits per heavy atom. The molecule has 8 nitrogen and oxygen atoms in total. The Morgan fingerprint density at radius 2 is 2.00 bits per heavy atom. The number of rotatable bonds is 5. The topological polar surface area (TPSA) is 71.9 Å². The van der Waals surface area contributed by atoms with E-state index in [1.165, 1.54) is 0 Å². The molecule has 6 rings (SSSR count). The summed E-state index contributed by atoms with van der Waals surface area (Å²) in [7, 11) is 1.97. The molecule has 9 heteroatoms. The van der Waals surface area contributed by atoms with Gasteiger partial charge in [0.15, 0.2) is 5.84 Å². The molecule has 0 fully saturated rings. The van der Waals surface area contributed by atoms with Gasteiger partial charge in [0, 0.05) is 23.7 Å². The van der Waals surface area contributed by atoms with E-state index in [0.29, 0.717) is 30.5 Å². The maximum absolute atomic E-state index is 6.42. The van der Waals surface area contributed by atoms with Crippen molar-refractivity contribution < 1.29 is 9.26 Å². The second-order valence-electron chi connectivity index (χ2n) is 8.50. The highest BCUT2D eigenvalue weighted by Crippen LogP contribution is 2.35. The Hall–Kier alpha value is -3.62. The zero-order valence-corrected chi connectivity index (χ0v) is 19.6. The van der Waals surface area contributed by atoms with E-state index in [-0.39, 0.29) is 6.17 Å². The first kappa shape index (κ1) is 20.9. The molecular weight excluding hydrogens is 452 g/mol. The Bertz CT molecular complexity index is 1380. The van der Waals surface area contributed by atoms with Crippen LogP contribution in [0, 0.1) is 6.92 Å². The zero-order chi connectivity index (χ0) is 23.2. The van der Waals surface area contributed by atoms with Gasteiger partial charge in [-0.2, -0.15) is 5.10 Å². The molecule has 0 radical (unpaired) electrons. The number of hydrogen-bond donors (Lipinski definition) is 0. The van der Waals surface area contributed by atoms with Crippen molar-refractivity contribution in [3.05, 3.63) is 88.5 Å². The molecule has 0 saturated carbocycles. The molecule has 1 unspecified atom stereocenters. The predicted octanol–water partition coefficient (Wildman–Crippen LogP) is 4.45. The van der Waals surface area contributed by atoms with Crippen molar-refractivity contribution in [2.75, 3.05) is 13.7 Å². The fourth-order valence-corrected chi connectivity index (χ4v) is 4.71. The summed E-state index contributed by atoms with van der Waals surface area (Å²) in [5.74, 6) is 1.60. The van der Waals surface area contributed by atoms with Crippen LogP contribution in [0.4, 0.5) is 0 Å². The highest BCUT2D eigenvalue weighted by molar-refractivity contribution is 6.31. The molecule has 2 aliphatic rings. The molecule has 2 aromatic heterocycles. The van der Waals surface area contributed by atoms with E-state index in [9.17, 15) is 0 Å². The van der Waals surface area contributed by atoms with Gasteiger partial charge in [-0.15, -0.1) is 0 Å². The number of amidine groups is 1. The lowest BCUT2D eigenvalue weighted by atomic mass is 10.1. The number of fused-ring (bicyclic) bond motifs is 5. The van der Waals surface area contributed by atoms with E-state index in [1.807, 2.05) is 67.8 Å². The van der Waals surface area contributed by atoms with Gasteiger partial charge in [0.25, 0.3) is 0 Å². The highest BCUT2D eigenvalue weighted by Gasteiger charge is 2.38. The van der Waals surface area contributed by atoms with Crippen LogP contribution in [0.2, 0.25) is 5.02 Å². The van der Waals surface area contributed by atoms with Gasteiger partial charge in [0.2, 0.25) is 0 Å². The number of nitrogens with zero attached hydrogens (tertiary/aromatic N) is 6. The van der Waals surface area contributed by atoms with Crippen LogP contribution in [0.3, 0.4) is 0 Å². The molecule has 0 spiro atoms. The van der Waals surface area contributed by atoms with E-state index >= 15 is 0 Å². The molecule has 0 bridgehead atoms. The molecule has 0 amide bonds. The molecule has 0 saturated heterocycles. The van der Waals surface area contributed by atoms with E-state index in [4.69, 9.17) is 30.9 Å². The minimum Gasteiger partial charge on any atom is -0.373 e. The first-order valence-electron chi connectivity index (χ1n) is 11.1. The molecule has 0 N–H and O–H groups in total. The summed E-state index contributed by atoms with van der Waals surface area (Å²) in [6.07, 6.45) is 1.74. The molecule has 0 aliphatic carbocycles. The summed E-state index contributed by atoms with van der Waals surface area (Å²) in [6.45, 7) is 3.48. The number of imidazole rings is 1. The van der Waals surface area contributed by atoms with Crippen molar-refractivity contribution in [2.24, 2.45) is 5.10 Å². The largest absolute Gasteiger partial charge is 0.373 e. The van der Waals surface area contributed by atoms with Gasteiger partial charge in [-0.3, -0.25) is 9.58 Å². The minimum absolute atomic E-state index is 0.0844. The van der Waals surface area contributed by atoms with E-state index in [1.54, 1.807) is 0 Å². The molecule has 2 aromatic carbocycles. The van der Waals surface area contributed by atoms with E-state index in [0.717, 1.165) is 39.8 Å². The van der Waals surface area contributed by atoms with Gasteiger partial charge in [-0.25, -0.2) is 4.98 Å². The SMILES string of the molecule is Cc1cc(-c2ncn3c2CN2C(=NN(C)C2COCc2ccccc2)c2cc(Cl)ccc2-3)no1. The summed E-state index contributed by atoms with van der Waals surface area (Å²) in [6, 6.07) is 17.9. The Kier molecular flexibility index (Phi) is 5.12. The summed E-state index contributed by atoms with van der Waals surface area (Å²) in [4.78, 5) is 6.95. The van der Waals surface area contributed by atoms with Crippen LogP contribution >= 0.6 is 11.6 Å². The molecular formula is C25H23ClN6O2. The lowest BCUT2D eigenvalue weighted by Crippen LogP contribution is -2.43. The predicted molar refractivity (Wildman–Crippen MR) is 129 cm³/mol. The Labute approximate surface area is 202 Å². The van der Waals surface area contributed by atoms with Crippen LogP contribution in [-0.4, -0.2) is 50.3 Å². The number of halogens is 1. The lowest BCUT2D eigenvalue weighted by Gasteiger charge is -2.29.